The summed E-state index contributed by atoms with van der Waals surface area (Å²) in [5.74, 6) is 0.970. The predicted molar refractivity (Wildman–Crippen MR) is 112 cm³/mol. The number of benzene rings is 2. The summed E-state index contributed by atoms with van der Waals surface area (Å²) >= 11 is 4.68. The van der Waals surface area contributed by atoms with E-state index in [4.69, 9.17) is 19.9 Å². The fourth-order valence-electron chi connectivity index (χ4n) is 2.19. The first-order valence-corrected chi connectivity index (χ1v) is 9.24. The molecule has 7 nitrogen and oxygen atoms in total. The maximum atomic E-state index is 12.4. The third-order valence-corrected chi connectivity index (χ3v) is 3.51. The molecule has 148 valence electrons. The monoisotopic (exact) mass is 401 g/mol. The Hall–Kier alpha value is -3.13. The molecule has 0 saturated carbocycles. The molecule has 0 unspecified atom stereocenters. The maximum Gasteiger partial charge on any atom is 0.343 e. The minimum atomic E-state index is -0.487. The van der Waals surface area contributed by atoms with Crippen LogP contribution in [0.25, 0.3) is 0 Å². The molecule has 0 aliphatic heterocycles. The standard InChI is InChI=1S/C20H23N3O4S/c1-3-11-26-16-8-6-15(7-9-16)19(24)27-17-10-5-14(12-18(17)25-4-2)13-22-23-20(21)28/h5-10,12-13H,3-4,11H2,1-2H3,(H3,21,23,28)/b22-13+. The van der Waals surface area contributed by atoms with Crippen LogP contribution in [0.3, 0.4) is 0 Å². The van der Waals surface area contributed by atoms with Crippen LogP contribution in [-0.4, -0.2) is 30.5 Å². The van der Waals surface area contributed by atoms with Crippen molar-refractivity contribution < 1.29 is 19.0 Å². The highest BCUT2D eigenvalue weighted by Crippen LogP contribution is 2.29. The van der Waals surface area contributed by atoms with E-state index in [0.717, 1.165) is 12.0 Å². The van der Waals surface area contributed by atoms with Crippen molar-refractivity contribution in [3.05, 3.63) is 53.6 Å². The molecule has 0 fully saturated rings. The van der Waals surface area contributed by atoms with Gasteiger partial charge in [0, 0.05) is 0 Å². The second kappa shape index (κ2) is 10.9. The zero-order valence-corrected chi connectivity index (χ0v) is 16.6. The van der Waals surface area contributed by atoms with Gasteiger partial charge in [-0.15, -0.1) is 0 Å². The van der Waals surface area contributed by atoms with Crippen LogP contribution < -0.4 is 25.4 Å². The molecular formula is C20H23N3O4S. The molecule has 8 heteroatoms. The molecule has 2 aromatic rings. The number of hydrogen-bond donors (Lipinski definition) is 2. The molecule has 0 aliphatic rings. The van der Waals surface area contributed by atoms with Gasteiger partial charge in [0.1, 0.15) is 5.75 Å². The first-order valence-electron chi connectivity index (χ1n) is 8.83. The molecule has 28 heavy (non-hydrogen) atoms. The molecule has 0 amide bonds. The summed E-state index contributed by atoms with van der Waals surface area (Å²) in [4.78, 5) is 12.4. The zero-order valence-electron chi connectivity index (χ0n) is 15.8. The van der Waals surface area contributed by atoms with E-state index in [9.17, 15) is 4.79 Å². The van der Waals surface area contributed by atoms with Crippen LogP contribution in [0, 0.1) is 0 Å². The van der Waals surface area contributed by atoms with E-state index >= 15 is 0 Å². The number of thiocarbonyl (C=S) groups is 1. The van der Waals surface area contributed by atoms with Gasteiger partial charge in [0.15, 0.2) is 16.6 Å². The Morgan fingerprint density at radius 2 is 1.89 bits per heavy atom. The highest BCUT2D eigenvalue weighted by molar-refractivity contribution is 7.80. The SMILES string of the molecule is CCCOc1ccc(C(=O)Oc2ccc(/C=N/NC(N)=S)cc2OCC)cc1. The number of nitrogens with two attached hydrogens (primary N) is 1. The van der Waals surface area contributed by atoms with Gasteiger partial charge in [-0.25, -0.2) is 4.79 Å². The molecule has 0 aliphatic carbocycles. The van der Waals surface area contributed by atoms with Crippen LogP contribution in [0.2, 0.25) is 0 Å². The minimum Gasteiger partial charge on any atom is -0.494 e. The van der Waals surface area contributed by atoms with Crippen LogP contribution in [0.15, 0.2) is 47.6 Å². The Bertz CT molecular complexity index is 838. The highest BCUT2D eigenvalue weighted by Gasteiger charge is 2.13. The summed E-state index contributed by atoms with van der Waals surface area (Å²) in [6, 6.07) is 11.9. The molecule has 0 heterocycles. The van der Waals surface area contributed by atoms with Crippen molar-refractivity contribution in [2.45, 2.75) is 20.3 Å². The van der Waals surface area contributed by atoms with Crippen LogP contribution in [0.4, 0.5) is 0 Å². The van der Waals surface area contributed by atoms with Crippen molar-refractivity contribution >= 4 is 29.5 Å². The smallest absolute Gasteiger partial charge is 0.343 e. The molecular weight excluding hydrogens is 378 g/mol. The van der Waals surface area contributed by atoms with Crippen molar-refractivity contribution in [2.24, 2.45) is 10.8 Å². The third-order valence-electron chi connectivity index (χ3n) is 3.42. The van der Waals surface area contributed by atoms with Gasteiger partial charge in [0.25, 0.3) is 0 Å². The summed E-state index contributed by atoms with van der Waals surface area (Å²) in [6.07, 6.45) is 2.45. The molecule has 2 rings (SSSR count). The summed E-state index contributed by atoms with van der Waals surface area (Å²) in [5, 5.41) is 3.96. The molecule has 2 aromatic carbocycles. The van der Waals surface area contributed by atoms with Crippen molar-refractivity contribution in [2.75, 3.05) is 13.2 Å². The first-order chi connectivity index (χ1) is 13.5. The number of esters is 1. The number of carbonyl (C=O) groups excluding carboxylic acids is 1. The van der Waals surface area contributed by atoms with E-state index in [2.05, 4.69) is 22.7 Å². The molecule has 0 spiro atoms. The van der Waals surface area contributed by atoms with E-state index in [1.54, 1.807) is 42.5 Å². The Morgan fingerprint density at radius 1 is 1.14 bits per heavy atom. The number of rotatable bonds is 9. The second-order valence-electron chi connectivity index (χ2n) is 5.64. The molecule has 0 atom stereocenters. The summed E-state index contributed by atoms with van der Waals surface area (Å²) in [5.41, 5.74) is 8.93. The lowest BCUT2D eigenvalue weighted by Crippen LogP contribution is -2.23. The lowest BCUT2D eigenvalue weighted by Gasteiger charge is -2.11. The number of nitrogens with zero attached hydrogens (tertiary/aromatic N) is 1. The number of hydrazone groups is 1. The van der Waals surface area contributed by atoms with Gasteiger partial charge in [0.2, 0.25) is 0 Å². The summed E-state index contributed by atoms with van der Waals surface area (Å²) in [7, 11) is 0. The Labute approximate surface area is 169 Å². The van der Waals surface area contributed by atoms with Crippen molar-refractivity contribution in [3.8, 4) is 17.2 Å². The number of ether oxygens (including phenoxy) is 3. The number of hydrogen-bond acceptors (Lipinski definition) is 6. The van der Waals surface area contributed by atoms with Crippen molar-refractivity contribution in [1.82, 2.24) is 5.43 Å². The Morgan fingerprint density at radius 3 is 2.54 bits per heavy atom. The minimum absolute atomic E-state index is 0.0675. The summed E-state index contributed by atoms with van der Waals surface area (Å²) < 4.78 is 16.6. The van der Waals surface area contributed by atoms with Crippen molar-refractivity contribution in [3.63, 3.8) is 0 Å². The van der Waals surface area contributed by atoms with Gasteiger partial charge in [-0.2, -0.15) is 5.10 Å². The van der Waals surface area contributed by atoms with Gasteiger partial charge < -0.3 is 19.9 Å². The zero-order chi connectivity index (χ0) is 20.4. The average Bonchev–Trinajstić information content (AvgIpc) is 2.68. The van der Waals surface area contributed by atoms with E-state index < -0.39 is 5.97 Å². The number of nitrogens with one attached hydrogen (secondary N) is 1. The fraction of sp³-hybridized carbons (Fsp3) is 0.250. The molecule has 0 radical (unpaired) electrons. The third kappa shape index (κ3) is 6.55. The van der Waals surface area contributed by atoms with Crippen LogP contribution in [-0.2, 0) is 0 Å². The van der Waals surface area contributed by atoms with E-state index in [0.29, 0.717) is 36.0 Å². The number of carbonyl (C=O) groups is 1. The molecule has 0 aromatic heterocycles. The van der Waals surface area contributed by atoms with Gasteiger partial charge in [-0.3, -0.25) is 5.43 Å². The fourth-order valence-corrected chi connectivity index (χ4v) is 2.25. The lowest BCUT2D eigenvalue weighted by atomic mass is 10.2. The van der Waals surface area contributed by atoms with Gasteiger partial charge >= 0.3 is 5.97 Å². The maximum absolute atomic E-state index is 12.4. The Kier molecular flexibility index (Phi) is 8.23. The van der Waals surface area contributed by atoms with E-state index in [1.165, 1.54) is 6.21 Å². The van der Waals surface area contributed by atoms with E-state index in [1.807, 2.05) is 13.8 Å². The van der Waals surface area contributed by atoms with Gasteiger partial charge in [-0.05, 0) is 73.6 Å². The average molecular weight is 401 g/mol. The normalized spacial score (nSPS) is 10.5. The Balaban J connectivity index is 2.11. The van der Waals surface area contributed by atoms with Gasteiger partial charge in [0.05, 0.1) is 25.0 Å². The quantitative estimate of drug-likeness (QED) is 0.219. The van der Waals surface area contributed by atoms with Gasteiger partial charge in [-0.1, -0.05) is 6.92 Å². The first kappa shape index (κ1) is 21.2. The second-order valence-corrected chi connectivity index (χ2v) is 6.08. The molecule has 3 N–H and O–H groups in total. The largest absolute Gasteiger partial charge is 0.494 e. The van der Waals surface area contributed by atoms with Crippen LogP contribution in [0.5, 0.6) is 17.2 Å². The van der Waals surface area contributed by atoms with Crippen LogP contribution in [0.1, 0.15) is 36.2 Å². The molecule has 0 bridgehead atoms. The topological polar surface area (TPSA) is 95.2 Å². The summed E-state index contributed by atoms with van der Waals surface area (Å²) in [6.45, 7) is 4.92. The van der Waals surface area contributed by atoms with Crippen molar-refractivity contribution in [1.29, 1.82) is 0 Å². The highest BCUT2D eigenvalue weighted by atomic mass is 32.1. The van der Waals surface area contributed by atoms with Crippen LogP contribution >= 0.6 is 12.2 Å². The lowest BCUT2D eigenvalue weighted by molar-refractivity contribution is 0.0728. The predicted octanol–water partition coefficient (Wildman–Crippen LogP) is 3.26. The van der Waals surface area contributed by atoms with E-state index in [-0.39, 0.29) is 5.11 Å². The molecule has 0 saturated heterocycles.